The molecule has 0 aliphatic carbocycles. The Balaban J connectivity index is 2.16. The number of nitrogens with zero attached hydrogens (tertiary/aromatic N) is 2. The lowest BCUT2D eigenvalue weighted by Crippen LogP contribution is -2.45. The van der Waals surface area contributed by atoms with Gasteiger partial charge in [0.05, 0.1) is 20.8 Å². The Morgan fingerprint density at radius 2 is 1.83 bits per heavy atom. The van der Waals surface area contributed by atoms with Crippen LogP contribution in [0.5, 0.6) is 17.2 Å². The number of phenolic OH excluding ortho intramolecular Hbond substituents is 1. The van der Waals surface area contributed by atoms with E-state index < -0.39 is 0 Å². The Kier molecular flexibility index (Phi) is 6.58. The largest absolute Gasteiger partial charge is 0.502 e. The van der Waals surface area contributed by atoms with Crippen molar-refractivity contribution in [1.29, 1.82) is 0 Å². The number of benzene rings is 1. The summed E-state index contributed by atoms with van der Waals surface area (Å²) in [4.78, 5) is 7.07. The molecule has 0 spiro atoms. The highest BCUT2D eigenvalue weighted by Crippen LogP contribution is 2.37. The summed E-state index contributed by atoms with van der Waals surface area (Å²) in [5.41, 5.74) is 0.933. The predicted molar refractivity (Wildman–Crippen MR) is 96.0 cm³/mol. The highest BCUT2D eigenvalue weighted by molar-refractivity contribution is 5.80. The molecule has 1 aromatic carbocycles. The van der Waals surface area contributed by atoms with Crippen LogP contribution < -0.4 is 14.8 Å². The monoisotopic (exact) mass is 335 g/mol. The van der Waals surface area contributed by atoms with Crippen molar-refractivity contribution in [3.63, 3.8) is 0 Å². The molecular weight excluding hydrogens is 306 g/mol. The van der Waals surface area contributed by atoms with Gasteiger partial charge in [-0.1, -0.05) is 6.92 Å². The number of likely N-dealkylation sites (tertiary alicyclic amines) is 1. The first-order chi connectivity index (χ1) is 11.6. The zero-order valence-electron chi connectivity index (χ0n) is 15.1. The third-order valence-corrected chi connectivity index (χ3v) is 4.37. The van der Waals surface area contributed by atoms with Gasteiger partial charge in [0.1, 0.15) is 0 Å². The normalized spacial score (nSPS) is 16.2. The summed E-state index contributed by atoms with van der Waals surface area (Å²) >= 11 is 0. The molecule has 134 valence electrons. The van der Waals surface area contributed by atoms with Crippen molar-refractivity contribution in [1.82, 2.24) is 10.2 Å². The highest BCUT2D eigenvalue weighted by atomic mass is 16.5. The van der Waals surface area contributed by atoms with Crippen LogP contribution in [0.15, 0.2) is 17.1 Å². The number of aliphatic imine (C=N–C) groups is 1. The Labute approximate surface area is 144 Å². The number of phenols is 1. The van der Waals surface area contributed by atoms with E-state index in [1.807, 2.05) is 0 Å². The van der Waals surface area contributed by atoms with Crippen molar-refractivity contribution in [3.8, 4) is 17.2 Å². The van der Waals surface area contributed by atoms with E-state index in [0.717, 1.165) is 37.1 Å². The molecule has 0 saturated carbocycles. The van der Waals surface area contributed by atoms with Crippen LogP contribution in [0.2, 0.25) is 0 Å². The molecule has 0 atom stereocenters. The zero-order chi connectivity index (χ0) is 17.5. The SMILES string of the molecule is CCNC(=NCc1cc(OC)c(O)c(OC)c1)N1CCC(C)CC1. The van der Waals surface area contributed by atoms with Gasteiger partial charge < -0.3 is 24.8 Å². The molecule has 24 heavy (non-hydrogen) atoms. The van der Waals surface area contributed by atoms with E-state index in [1.165, 1.54) is 27.1 Å². The number of methoxy groups -OCH3 is 2. The second-order valence-corrected chi connectivity index (χ2v) is 6.19. The number of piperidine rings is 1. The van der Waals surface area contributed by atoms with Crippen LogP contribution in [0.4, 0.5) is 0 Å². The minimum atomic E-state index is 0.0182. The van der Waals surface area contributed by atoms with Crippen molar-refractivity contribution >= 4 is 5.96 Å². The van der Waals surface area contributed by atoms with Crippen LogP contribution in [0.3, 0.4) is 0 Å². The van der Waals surface area contributed by atoms with Crippen LogP contribution in [0.1, 0.15) is 32.3 Å². The standard InChI is InChI=1S/C18H29N3O3/c1-5-19-18(21-8-6-13(2)7-9-21)20-12-14-10-15(23-3)17(22)16(11-14)24-4/h10-11,13,22H,5-9,12H2,1-4H3,(H,19,20). The minimum absolute atomic E-state index is 0.0182. The van der Waals surface area contributed by atoms with Crippen LogP contribution in [0, 0.1) is 5.92 Å². The third-order valence-electron chi connectivity index (χ3n) is 4.37. The maximum Gasteiger partial charge on any atom is 0.200 e. The van der Waals surface area contributed by atoms with Crippen molar-refractivity contribution in [2.24, 2.45) is 10.9 Å². The molecule has 6 heteroatoms. The number of aromatic hydroxyl groups is 1. The highest BCUT2D eigenvalue weighted by Gasteiger charge is 2.18. The summed E-state index contributed by atoms with van der Waals surface area (Å²) in [6.45, 7) is 7.80. The van der Waals surface area contributed by atoms with Gasteiger partial charge in [0.15, 0.2) is 17.5 Å². The number of guanidine groups is 1. The van der Waals surface area contributed by atoms with Gasteiger partial charge in [-0.15, -0.1) is 0 Å². The zero-order valence-corrected chi connectivity index (χ0v) is 15.1. The van der Waals surface area contributed by atoms with Crippen molar-refractivity contribution in [2.45, 2.75) is 33.2 Å². The minimum Gasteiger partial charge on any atom is -0.502 e. The maximum atomic E-state index is 10.00. The topological polar surface area (TPSA) is 66.3 Å². The van der Waals surface area contributed by atoms with E-state index in [4.69, 9.17) is 14.5 Å². The van der Waals surface area contributed by atoms with Crippen LogP contribution in [-0.4, -0.2) is 49.8 Å². The molecule has 1 fully saturated rings. The summed E-state index contributed by atoms with van der Waals surface area (Å²) in [5, 5.41) is 13.4. The van der Waals surface area contributed by atoms with Crippen LogP contribution >= 0.6 is 0 Å². The predicted octanol–water partition coefficient (Wildman–Crippen LogP) is 2.61. The quantitative estimate of drug-likeness (QED) is 0.639. The van der Waals surface area contributed by atoms with Gasteiger partial charge in [-0.3, -0.25) is 0 Å². The average molecular weight is 335 g/mol. The molecule has 1 aromatic rings. The van der Waals surface area contributed by atoms with Gasteiger partial charge in [0.25, 0.3) is 0 Å². The molecule has 0 aromatic heterocycles. The molecular formula is C18H29N3O3. The number of rotatable bonds is 5. The maximum absolute atomic E-state index is 10.00. The molecule has 2 N–H and O–H groups in total. The summed E-state index contributed by atoms with van der Waals surface area (Å²) < 4.78 is 10.4. The fourth-order valence-corrected chi connectivity index (χ4v) is 2.85. The summed E-state index contributed by atoms with van der Waals surface area (Å²) in [6.07, 6.45) is 2.40. The Morgan fingerprint density at radius 3 is 2.33 bits per heavy atom. The Hall–Kier alpha value is -2.11. The molecule has 1 saturated heterocycles. The molecule has 0 unspecified atom stereocenters. The molecule has 1 aliphatic heterocycles. The third kappa shape index (κ3) is 4.46. The van der Waals surface area contributed by atoms with Gasteiger partial charge in [-0.25, -0.2) is 4.99 Å². The van der Waals surface area contributed by atoms with Gasteiger partial charge in [-0.05, 0) is 43.4 Å². The first-order valence-corrected chi connectivity index (χ1v) is 8.56. The Bertz CT molecular complexity index is 542. The molecule has 0 radical (unpaired) electrons. The summed E-state index contributed by atoms with van der Waals surface area (Å²) in [6, 6.07) is 3.59. The van der Waals surface area contributed by atoms with Crippen LogP contribution in [0.25, 0.3) is 0 Å². The summed E-state index contributed by atoms with van der Waals surface area (Å²) in [5.74, 6) is 2.54. The van der Waals surface area contributed by atoms with Crippen molar-refractivity contribution in [2.75, 3.05) is 33.9 Å². The first kappa shape index (κ1) is 18.2. The van der Waals surface area contributed by atoms with E-state index in [9.17, 15) is 5.11 Å². The lowest BCUT2D eigenvalue weighted by Gasteiger charge is -2.33. The van der Waals surface area contributed by atoms with E-state index in [-0.39, 0.29) is 5.75 Å². The van der Waals surface area contributed by atoms with Gasteiger partial charge in [0.2, 0.25) is 5.75 Å². The molecule has 6 nitrogen and oxygen atoms in total. The average Bonchev–Trinajstić information content (AvgIpc) is 2.60. The van der Waals surface area contributed by atoms with E-state index in [0.29, 0.717) is 18.0 Å². The number of ether oxygens (including phenoxy) is 2. The number of hydrogen-bond donors (Lipinski definition) is 2. The lowest BCUT2D eigenvalue weighted by molar-refractivity contribution is 0.273. The van der Waals surface area contributed by atoms with Gasteiger partial charge >= 0.3 is 0 Å². The van der Waals surface area contributed by atoms with E-state index >= 15 is 0 Å². The molecule has 1 heterocycles. The number of nitrogens with one attached hydrogen (secondary N) is 1. The lowest BCUT2D eigenvalue weighted by atomic mass is 10.00. The van der Waals surface area contributed by atoms with Crippen LogP contribution in [-0.2, 0) is 6.54 Å². The van der Waals surface area contributed by atoms with E-state index in [1.54, 1.807) is 12.1 Å². The summed E-state index contributed by atoms with van der Waals surface area (Å²) in [7, 11) is 3.06. The first-order valence-electron chi connectivity index (χ1n) is 8.56. The van der Waals surface area contributed by atoms with Crippen molar-refractivity contribution < 1.29 is 14.6 Å². The second-order valence-electron chi connectivity index (χ2n) is 6.19. The molecule has 2 rings (SSSR count). The van der Waals surface area contributed by atoms with Gasteiger partial charge in [-0.2, -0.15) is 0 Å². The molecule has 1 aliphatic rings. The molecule has 0 bridgehead atoms. The van der Waals surface area contributed by atoms with E-state index in [2.05, 4.69) is 24.1 Å². The Morgan fingerprint density at radius 1 is 1.25 bits per heavy atom. The van der Waals surface area contributed by atoms with Gasteiger partial charge in [0, 0.05) is 19.6 Å². The second kappa shape index (κ2) is 8.66. The smallest absolute Gasteiger partial charge is 0.200 e. The molecule has 0 amide bonds. The van der Waals surface area contributed by atoms with Crippen molar-refractivity contribution in [3.05, 3.63) is 17.7 Å². The number of hydrogen-bond acceptors (Lipinski definition) is 4. The fourth-order valence-electron chi connectivity index (χ4n) is 2.85. The fraction of sp³-hybridized carbons (Fsp3) is 0.611.